The molecule has 0 bridgehead atoms. The molecule has 1 aromatic carbocycles. The summed E-state index contributed by atoms with van der Waals surface area (Å²) in [4.78, 5) is 0. The second kappa shape index (κ2) is 7.56. The second-order valence-electron chi connectivity index (χ2n) is 5.41. The molecule has 1 fully saturated rings. The molecule has 0 unspecified atom stereocenters. The summed E-state index contributed by atoms with van der Waals surface area (Å²) in [7, 11) is 0. The molecule has 0 amide bonds. The lowest BCUT2D eigenvalue weighted by Crippen LogP contribution is -2.28. The molecule has 23 heavy (non-hydrogen) atoms. The molecule has 0 heterocycles. The topological polar surface area (TPSA) is 130 Å². The highest BCUT2D eigenvalue weighted by molar-refractivity contribution is 6.45. The van der Waals surface area contributed by atoms with E-state index in [9.17, 15) is 9.50 Å². The molecule has 122 valence electrons. The van der Waals surface area contributed by atoms with Gasteiger partial charge >= 0.3 is 0 Å². The van der Waals surface area contributed by atoms with Crippen LogP contribution in [0.1, 0.15) is 25.7 Å². The number of rotatable bonds is 5. The SMILES string of the molecule is N#C/C(=N\Nc1c(F)cccc1NC1CCC(O)CC1)C(=N)N. The zero-order valence-electron chi connectivity index (χ0n) is 12.5. The number of benzene rings is 1. The molecule has 6 N–H and O–H groups in total. The van der Waals surface area contributed by atoms with Gasteiger partial charge < -0.3 is 16.2 Å². The molecule has 0 saturated heterocycles. The third kappa shape index (κ3) is 4.40. The number of hydrogen-bond donors (Lipinski definition) is 5. The smallest absolute Gasteiger partial charge is 0.201 e. The first-order valence-electron chi connectivity index (χ1n) is 7.32. The van der Waals surface area contributed by atoms with E-state index in [0.717, 1.165) is 12.8 Å². The first kappa shape index (κ1) is 16.7. The van der Waals surface area contributed by atoms with Crippen LogP contribution in [0.25, 0.3) is 0 Å². The summed E-state index contributed by atoms with van der Waals surface area (Å²) in [6, 6.07) is 6.34. The van der Waals surface area contributed by atoms with Gasteiger partial charge in [-0.25, -0.2) is 4.39 Å². The van der Waals surface area contributed by atoms with Gasteiger partial charge in [0.1, 0.15) is 17.6 Å². The molecular formula is C15H19FN6O. The fraction of sp³-hybridized carbons (Fsp3) is 0.400. The van der Waals surface area contributed by atoms with Gasteiger partial charge in [-0.2, -0.15) is 10.4 Å². The van der Waals surface area contributed by atoms with Crippen molar-refractivity contribution in [2.75, 3.05) is 10.7 Å². The molecule has 1 aromatic rings. The third-order valence-electron chi connectivity index (χ3n) is 3.71. The Labute approximate surface area is 133 Å². The van der Waals surface area contributed by atoms with Crippen LogP contribution in [0.2, 0.25) is 0 Å². The number of amidine groups is 1. The number of nitrogens with zero attached hydrogens (tertiary/aromatic N) is 2. The van der Waals surface area contributed by atoms with Crippen LogP contribution in [0.4, 0.5) is 15.8 Å². The quantitative estimate of drug-likeness (QED) is 0.321. The fourth-order valence-corrected chi connectivity index (χ4v) is 2.46. The van der Waals surface area contributed by atoms with E-state index in [1.54, 1.807) is 18.2 Å². The molecule has 1 saturated carbocycles. The van der Waals surface area contributed by atoms with Gasteiger partial charge in [-0.05, 0) is 37.8 Å². The largest absolute Gasteiger partial charge is 0.393 e. The molecule has 7 nitrogen and oxygen atoms in total. The Morgan fingerprint density at radius 2 is 2.09 bits per heavy atom. The lowest BCUT2D eigenvalue weighted by atomic mass is 9.93. The predicted octanol–water partition coefficient (Wildman–Crippen LogP) is 1.77. The van der Waals surface area contributed by atoms with Crippen molar-refractivity contribution in [3.05, 3.63) is 24.0 Å². The normalized spacial score (nSPS) is 21.3. The molecule has 0 aromatic heterocycles. The lowest BCUT2D eigenvalue weighted by molar-refractivity contribution is 0.126. The summed E-state index contributed by atoms with van der Waals surface area (Å²) in [5.74, 6) is -1.03. The summed E-state index contributed by atoms with van der Waals surface area (Å²) >= 11 is 0. The Bertz CT molecular complexity index is 646. The van der Waals surface area contributed by atoms with Gasteiger partial charge in [0.25, 0.3) is 0 Å². The van der Waals surface area contributed by atoms with Crippen LogP contribution < -0.4 is 16.5 Å². The number of aliphatic hydroxyl groups is 1. The van der Waals surface area contributed by atoms with Gasteiger partial charge in [-0.15, -0.1) is 0 Å². The fourth-order valence-electron chi connectivity index (χ4n) is 2.46. The van der Waals surface area contributed by atoms with E-state index < -0.39 is 11.7 Å². The minimum atomic E-state index is -0.532. The maximum absolute atomic E-state index is 14.0. The van der Waals surface area contributed by atoms with E-state index in [2.05, 4.69) is 15.8 Å². The Kier molecular flexibility index (Phi) is 5.49. The lowest BCUT2D eigenvalue weighted by Gasteiger charge is -2.27. The number of anilines is 2. The molecule has 1 aliphatic rings. The van der Waals surface area contributed by atoms with Crippen molar-refractivity contribution in [3.63, 3.8) is 0 Å². The number of nitriles is 1. The van der Waals surface area contributed by atoms with Crippen LogP contribution >= 0.6 is 0 Å². The van der Waals surface area contributed by atoms with E-state index in [1.807, 2.05) is 0 Å². The molecule has 1 aliphatic carbocycles. The predicted molar refractivity (Wildman–Crippen MR) is 86.9 cm³/mol. The van der Waals surface area contributed by atoms with Crippen molar-refractivity contribution in [2.45, 2.75) is 37.8 Å². The number of halogens is 1. The average Bonchev–Trinajstić information content (AvgIpc) is 2.52. The van der Waals surface area contributed by atoms with Crippen LogP contribution in [0, 0.1) is 22.6 Å². The highest BCUT2D eigenvalue weighted by atomic mass is 19.1. The minimum Gasteiger partial charge on any atom is -0.393 e. The van der Waals surface area contributed by atoms with Gasteiger partial charge in [-0.3, -0.25) is 10.8 Å². The number of nitrogens with two attached hydrogens (primary N) is 1. The standard InChI is InChI=1S/C15H19FN6O/c16-11-2-1-3-12(20-9-4-6-10(23)7-5-9)14(11)22-21-13(8-17)15(18)19/h1-3,9-10,20,22-23H,4-7H2,(H3,18,19)/b21-13+. The first-order chi connectivity index (χ1) is 11.0. The highest BCUT2D eigenvalue weighted by Crippen LogP contribution is 2.29. The molecule has 0 radical (unpaired) electrons. The van der Waals surface area contributed by atoms with Crippen molar-refractivity contribution in [1.29, 1.82) is 10.7 Å². The number of hydrazone groups is 1. The summed E-state index contributed by atoms with van der Waals surface area (Å²) in [5.41, 5.74) is 7.96. The Morgan fingerprint density at radius 1 is 1.39 bits per heavy atom. The second-order valence-corrected chi connectivity index (χ2v) is 5.41. The Hall–Kier alpha value is -2.66. The number of para-hydroxylation sites is 1. The zero-order chi connectivity index (χ0) is 16.8. The molecule has 8 heteroatoms. The van der Waals surface area contributed by atoms with Crippen LogP contribution in [0.3, 0.4) is 0 Å². The molecule has 2 rings (SSSR count). The van der Waals surface area contributed by atoms with Gasteiger partial charge in [0, 0.05) is 6.04 Å². The van der Waals surface area contributed by atoms with Crippen molar-refractivity contribution >= 4 is 22.9 Å². The van der Waals surface area contributed by atoms with E-state index in [4.69, 9.17) is 16.4 Å². The summed E-state index contributed by atoms with van der Waals surface area (Å²) in [6.45, 7) is 0. The summed E-state index contributed by atoms with van der Waals surface area (Å²) < 4.78 is 14.0. The zero-order valence-corrected chi connectivity index (χ0v) is 12.5. The maximum atomic E-state index is 14.0. The van der Waals surface area contributed by atoms with E-state index in [-0.39, 0.29) is 23.5 Å². The summed E-state index contributed by atoms with van der Waals surface area (Å²) in [6.07, 6.45) is 2.72. The van der Waals surface area contributed by atoms with E-state index in [0.29, 0.717) is 18.5 Å². The monoisotopic (exact) mass is 318 g/mol. The third-order valence-corrected chi connectivity index (χ3v) is 3.71. The van der Waals surface area contributed by atoms with Crippen molar-refractivity contribution in [1.82, 2.24) is 0 Å². The number of nitrogens with one attached hydrogen (secondary N) is 3. The first-order valence-corrected chi connectivity index (χ1v) is 7.32. The maximum Gasteiger partial charge on any atom is 0.201 e. The van der Waals surface area contributed by atoms with E-state index >= 15 is 0 Å². The van der Waals surface area contributed by atoms with Crippen LogP contribution in [-0.2, 0) is 0 Å². The van der Waals surface area contributed by atoms with Crippen molar-refractivity contribution in [3.8, 4) is 6.07 Å². The molecule has 0 atom stereocenters. The van der Waals surface area contributed by atoms with Crippen LogP contribution in [0.5, 0.6) is 0 Å². The van der Waals surface area contributed by atoms with Crippen molar-refractivity contribution in [2.24, 2.45) is 10.8 Å². The van der Waals surface area contributed by atoms with Gasteiger partial charge in [0.15, 0.2) is 5.84 Å². The highest BCUT2D eigenvalue weighted by Gasteiger charge is 2.20. The number of aliphatic hydroxyl groups excluding tert-OH is 1. The van der Waals surface area contributed by atoms with E-state index in [1.165, 1.54) is 6.07 Å². The summed E-state index contributed by atoms with van der Waals surface area (Å²) in [5, 5.41) is 32.5. The number of hydrogen-bond acceptors (Lipinski definition) is 6. The minimum absolute atomic E-state index is 0.0904. The van der Waals surface area contributed by atoms with Gasteiger partial charge in [0.2, 0.25) is 5.71 Å². The van der Waals surface area contributed by atoms with Crippen LogP contribution in [-0.4, -0.2) is 28.8 Å². The van der Waals surface area contributed by atoms with Gasteiger partial charge in [0.05, 0.1) is 11.8 Å². The Balaban J connectivity index is 2.16. The molecular weight excluding hydrogens is 299 g/mol. The molecule has 0 spiro atoms. The Morgan fingerprint density at radius 3 is 2.70 bits per heavy atom. The van der Waals surface area contributed by atoms with Crippen LogP contribution in [0.15, 0.2) is 23.3 Å². The molecule has 0 aliphatic heterocycles. The average molecular weight is 318 g/mol. The van der Waals surface area contributed by atoms with Crippen molar-refractivity contribution < 1.29 is 9.50 Å². The van der Waals surface area contributed by atoms with Gasteiger partial charge in [-0.1, -0.05) is 6.07 Å².